The molecule has 3 heterocycles. The molecule has 0 spiro atoms. The minimum atomic E-state index is -0.310. The van der Waals surface area contributed by atoms with E-state index in [0.717, 1.165) is 62.1 Å². The van der Waals surface area contributed by atoms with Crippen LogP contribution in [-0.4, -0.2) is 65.9 Å². The van der Waals surface area contributed by atoms with Crippen molar-refractivity contribution in [3.8, 4) is 5.88 Å². The van der Waals surface area contributed by atoms with E-state index in [2.05, 4.69) is 25.1 Å². The molecule has 0 unspecified atom stereocenters. The molecule has 41 heavy (non-hydrogen) atoms. The Balaban J connectivity index is 1.35. The number of nitrogens with zero attached hydrogens (tertiary/aromatic N) is 4. The van der Waals surface area contributed by atoms with Crippen molar-refractivity contribution in [1.82, 2.24) is 15.2 Å². The van der Waals surface area contributed by atoms with E-state index in [1.54, 1.807) is 12.1 Å². The van der Waals surface area contributed by atoms with E-state index in [4.69, 9.17) is 16.3 Å². The van der Waals surface area contributed by atoms with E-state index in [0.29, 0.717) is 35.3 Å². The highest BCUT2D eigenvalue weighted by molar-refractivity contribution is 6.31. The Morgan fingerprint density at radius 3 is 2.59 bits per heavy atom. The fourth-order valence-corrected chi connectivity index (χ4v) is 6.34. The number of ether oxygens (including phenoxy) is 1. The molecule has 2 aliphatic heterocycles. The topological polar surface area (TPSA) is 87.1 Å². The zero-order chi connectivity index (χ0) is 28.9. The van der Waals surface area contributed by atoms with Gasteiger partial charge in [-0.25, -0.2) is 4.98 Å². The van der Waals surface area contributed by atoms with Gasteiger partial charge in [-0.2, -0.15) is 4.99 Å². The van der Waals surface area contributed by atoms with E-state index in [1.165, 1.54) is 19.3 Å². The van der Waals surface area contributed by atoms with Gasteiger partial charge in [0.05, 0.1) is 5.69 Å². The molecular formula is C32H42ClN5O3. The molecule has 2 fully saturated rings. The molecule has 1 saturated carbocycles. The van der Waals surface area contributed by atoms with Crippen molar-refractivity contribution < 1.29 is 14.3 Å². The van der Waals surface area contributed by atoms with Gasteiger partial charge in [-0.15, -0.1) is 0 Å². The monoisotopic (exact) mass is 579 g/mol. The molecule has 0 atom stereocenters. The summed E-state index contributed by atoms with van der Waals surface area (Å²) in [4.78, 5) is 39.8. The first-order chi connectivity index (χ1) is 19.8. The number of benzene rings is 1. The molecule has 0 radical (unpaired) electrons. The lowest BCUT2D eigenvalue weighted by atomic mass is 9.84. The van der Waals surface area contributed by atoms with Gasteiger partial charge in [0.1, 0.15) is 12.4 Å². The normalized spacial score (nSPS) is 22.2. The van der Waals surface area contributed by atoms with Crippen LogP contribution in [0.5, 0.6) is 5.88 Å². The molecule has 8 nitrogen and oxygen atoms in total. The summed E-state index contributed by atoms with van der Waals surface area (Å²) in [5, 5.41) is 3.62. The maximum atomic E-state index is 13.3. The van der Waals surface area contributed by atoms with Gasteiger partial charge in [0.15, 0.2) is 0 Å². The number of aliphatic imine (C=N–C) groups is 1. The fourth-order valence-electron chi connectivity index (χ4n) is 6.16. The predicted octanol–water partition coefficient (Wildman–Crippen LogP) is 5.59. The molecule has 1 aliphatic carbocycles. The highest BCUT2D eigenvalue weighted by atomic mass is 35.5. The Kier molecular flexibility index (Phi) is 9.60. The molecule has 2 amide bonds. The van der Waals surface area contributed by atoms with Gasteiger partial charge in [-0.1, -0.05) is 24.1 Å². The second-order valence-corrected chi connectivity index (χ2v) is 12.3. The lowest BCUT2D eigenvalue weighted by Gasteiger charge is -2.36. The van der Waals surface area contributed by atoms with Crippen LogP contribution in [0.2, 0.25) is 5.02 Å². The first-order valence-electron chi connectivity index (χ1n) is 15.1. The quantitative estimate of drug-likeness (QED) is 0.438. The molecule has 5 rings (SSSR count). The third kappa shape index (κ3) is 7.28. The number of nitrogens with one attached hydrogen (secondary N) is 1. The zero-order valence-corrected chi connectivity index (χ0v) is 25.3. The summed E-state index contributed by atoms with van der Waals surface area (Å²) in [7, 11) is 0. The van der Waals surface area contributed by atoms with Crippen molar-refractivity contribution in [1.29, 1.82) is 0 Å². The summed E-state index contributed by atoms with van der Waals surface area (Å²) in [6, 6.07) is 7.57. The smallest absolute Gasteiger partial charge is 0.278 e. The van der Waals surface area contributed by atoms with Crippen LogP contribution in [0, 0.1) is 12.8 Å². The van der Waals surface area contributed by atoms with E-state index in [1.807, 2.05) is 39.1 Å². The van der Waals surface area contributed by atoms with Crippen LogP contribution in [-0.2, 0) is 11.2 Å². The maximum absolute atomic E-state index is 13.3. The van der Waals surface area contributed by atoms with Crippen LogP contribution in [0.25, 0.3) is 0 Å². The molecular weight excluding hydrogens is 538 g/mol. The molecule has 9 heteroatoms. The van der Waals surface area contributed by atoms with Gasteiger partial charge in [0, 0.05) is 59.4 Å². The van der Waals surface area contributed by atoms with Crippen LogP contribution in [0.3, 0.4) is 0 Å². The zero-order valence-electron chi connectivity index (χ0n) is 24.5. The largest absolute Gasteiger partial charge is 0.476 e. The van der Waals surface area contributed by atoms with E-state index >= 15 is 0 Å². The number of pyridine rings is 1. The second kappa shape index (κ2) is 13.3. The van der Waals surface area contributed by atoms with Crippen LogP contribution in [0.15, 0.2) is 35.5 Å². The van der Waals surface area contributed by atoms with Crippen molar-refractivity contribution in [3.63, 3.8) is 0 Å². The fraction of sp³-hybridized carbons (Fsp3) is 0.562. The maximum Gasteiger partial charge on any atom is 0.278 e. The van der Waals surface area contributed by atoms with E-state index < -0.39 is 0 Å². The van der Waals surface area contributed by atoms with Crippen LogP contribution < -0.4 is 15.0 Å². The van der Waals surface area contributed by atoms with Crippen LogP contribution in [0.1, 0.15) is 80.3 Å². The molecule has 1 aromatic heterocycles. The number of aryl methyl sites for hydroxylation is 1. The minimum absolute atomic E-state index is 0.0126. The average molecular weight is 580 g/mol. The van der Waals surface area contributed by atoms with Gasteiger partial charge in [0.2, 0.25) is 11.8 Å². The summed E-state index contributed by atoms with van der Waals surface area (Å²) in [6.45, 7) is 9.65. The molecule has 1 N–H and O–H groups in total. The molecule has 1 aromatic carbocycles. The first kappa shape index (κ1) is 29.5. The van der Waals surface area contributed by atoms with Gasteiger partial charge in [0.25, 0.3) is 5.91 Å². The Hall–Kier alpha value is -2.97. The summed E-state index contributed by atoms with van der Waals surface area (Å²) in [5.41, 5.74) is 3.42. The Morgan fingerprint density at radius 1 is 1.12 bits per heavy atom. The number of carbonyl (C=O) groups is 2. The number of anilines is 1. The standard InChI is InChI=1S/C32H42ClN5O3/c1-21(2)35-31(39)23-9-11-26(12-10-23)38-28-19-30(41-16-15-37-13-5-4-6-14-37)34-20-25(28)18-29(38)36-32(40)24-8-7-22(3)27(33)17-24/h7-8,17,19-21,23,26H,4-6,9-16,18H2,1-3H3,(H,35,39). The number of amides is 2. The molecule has 1 saturated heterocycles. The lowest BCUT2D eigenvalue weighted by molar-refractivity contribution is -0.126. The van der Waals surface area contributed by atoms with Crippen molar-refractivity contribution >= 4 is 34.9 Å². The SMILES string of the molecule is Cc1ccc(C(=O)N=C2Cc3cnc(OCCN4CCCCC4)cc3N2C2CCC(C(=O)NC(C)C)CC2)cc1Cl. The minimum Gasteiger partial charge on any atom is -0.476 e. The summed E-state index contributed by atoms with van der Waals surface area (Å²) >= 11 is 6.31. The van der Waals surface area contributed by atoms with Crippen molar-refractivity contribution in [2.24, 2.45) is 10.9 Å². The number of piperidine rings is 1. The van der Waals surface area contributed by atoms with E-state index in [-0.39, 0.29) is 29.8 Å². The van der Waals surface area contributed by atoms with Crippen LogP contribution >= 0.6 is 11.6 Å². The average Bonchev–Trinajstić information content (AvgIpc) is 3.31. The Morgan fingerprint density at radius 2 is 1.88 bits per heavy atom. The second-order valence-electron chi connectivity index (χ2n) is 11.9. The third-order valence-corrected chi connectivity index (χ3v) is 8.85. The van der Waals surface area contributed by atoms with Gasteiger partial charge in [-0.3, -0.25) is 14.5 Å². The van der Waals surface area contributed by atoms with Crippen molar-refractivity contribution in [3.05, 3.63) is 52.2 Å². The number of fused-ring (bicyclic) bond motifs is 1. The summed E-state index contributed by atoms with van der Waals surface area (Å²) < 4.78 is 6.11. The summed E-state index contributed by atoms with van der Waals surface area (Å²) in [5.74, 6) is 1.14. The van der Waals surface area contributed by atoms with Crippen LogP contribution in [0.4, 0.5) is 5.69 Å². The Bertz CT molecular complexity index is 1280. The predicted molar refractivity (Wildman–Crippen MR) is 163 cm³/mol. The molecule has 220 valence electrons. The number of amidine groups is 1. The number of halogens is 1. The molecule has 3 aliphatic rings. The first-order valence-corrected chi connectivity index (χ1v) is 15.5. The highest BCUT2D eigenvalue weighted by Gasteiger charge is 2.36. The van der Waals surface area contributed by atoms with E-state index in [9.17, 15) is 9.59 Å². The van der Waals surface area contributed by atoms with Crippen molar-refractivity contribution in [2.75, 3.05) is 31.1 Å². The summed E-state index contributed by atoms with van der Waals surface area (Å²) in [6.07, 6.45) is 9.48. The molecule has 0 bridgehead atoms. The number of hydrogen-bond donors (Lipinski definition) is 1. The number of rotatable bonds is 8. The number of hydrogen-bond acceptors (Lipinski definition) is 5. The number of aromatic nitrogens is 1. The Labute approximate surface area is 248 Å². The van der Waals surface area contributed by atoms with Crippen molar-refractivity contribution in [2.45, 2.75) is 84.2 Å². The van der Waals surface area contributed by atoms with Gasteiger partial charge >= 0.3 is 0 Å². The highest BCUT2D eigenvalue weighted by Crippen LogP contribution is 2.38. The molecule has 2 aromatic rings. The van der Waals surface area contributed by atoms with Gasteiger partial charge < -0.3 is 15.0 Å². The third-order valence-electron chi connectivity index (χ3n) is 8.44. The lowest BCUT2D eigenvalue weighted by Crippen LogP contribution is -2.44. The number of likely N-dealkylation sites (tertiary alicyclic amines) is 1. The van der Waals surface area contributed by atoms with Gasteiger partial charge in [-0.05, 0) is 90.1 Å². The number of carbonyl (C=O) groups excluding carboxylic acids is 2.